The molecule has 2 N–H and O–H groups in total. The molecule has 0 aromatic carbocycles. The number of rotatable bonds is 2. The summed E-state index contributed by atoms with van der Waals surface area (Å²) in [5.41, 5.74) is 0. The first-order valence-corrected chi connectivity index (χ1v) is 4.35. The average molecular weight is 158 g/mol. The number of hydrogen-bond donors (Lipinski definition) is 2. The van der Waals surface area contributed by atoms with Crippen LogP contribution in [-0.4, -0.2) is 48.8 Å². The lowest BCUT2D eigenvalue weighted by Crippen LogP contribution is -2.52. The van der Waals surface area contributed by atoms with Gasteiger partial charge >= 0.3 is 0 Å². The van der Waals surface area contributed by atoms with Gasteiger partial charge < -0.3 is 15.3 Å². The van der Waals surface area contributed by atoms with Crippen LogP contribution in [0, 0.1) is 0 Å². The summed E-state index contributed by atoms with van der Waals surface area (Å²) >= 11 is 0. The Kier molecular flexibility index (Phi) is 3.30. The maximum Gasteiger partial charge on any atom is 0.0717 e. The van der Waals surface area contributed by atoms with Crippen LogP contribution in [0.25, 0.3) is 0 Å². The molecule has 0 radical (unpaired) electrons. The van der Waals surface area contributed by atoms with Crippen molar-refractivity contribution in [3.05, 3.63) is 0 Å². The monoisotopic (exact) mass is 158 g/mol. The lowest BCUT2D eigenvalue weighted by Gasteiger charge is -2.35. The van der Waals surface area contributed by atoms with Crippen molar-refractivity contribution in [3.63, 3.8) is 0 Å². The molecule has 0 aliphatic carbocycles. The molecular formula is C8H18N2O. The molecule has 0 amide bonds. The third-order valence-electron chi connectivity index (χ3n) is 2.48. The zero-order valence-electron chi connectivity index (χ0n) is 7.38. The number of aliphatic hydroxyl groups excluding tert-OH is 1. The number of nitrogens with zero attached hydrogens (tertiary/aromatic N) is 1. The van der Waals surface area contributed by atoms with Gasteiger partial charge in [-0.1, -0.05) is 6.92 Å². The molecule has 3 nitrogen and oxygen atoms in total. The van der Waals surface area contributed by atoms with Crippen molar-refractivity contribution in [3.8, 4) is 0 Å². The fourth-order valence-electron chi connectivity index (χ4n) is 1.58. The number of piperidine rings is 1. The minimum atomic E-state index is -0.150. The second-order valence-electron chi connectivity index (χ2n) is 3.14. The first-order chi connectivity index (χ1) is 5.27. The lowest BCUT2D eigenvalue weighted by atomic mass is 10.0. The molecule has 1 heterocycles. The Morgan fingerprint density at radius 2 is 2.36 bits per heavy atom. The number of aliphatic hydroxyl groups is 1. The van der Waals surface area contributed by atoms with Gasteiger partial charge in [0.15, 0.2) is 0 Å². The zero-order chi connectivity index (χ0) is 8.27. The van der Waals surface area contributed by atoms with Gasteiger partial charge in [0.2, 0.25) is 0 Å². The molecule has 0 aromatic heterocycles. The van der Waals surface area contributed by atoms with E-state index in [1.807, 2.05) is 7.05 Å². The molecular weight excluding hydrogens is 140 g/mol. The van der Waals surface area contributed by atoms with E-state index in [2.05, 4.69) is 17.1 Å². The van der Waals surface area contributed by atoms with Crippen molar-refractivity contribution in [2.24, 2.45) is 0 Å². The molecule has 0 unspecified atom stereocenters. The van der Waals surface area contributed by atoms with Crippen molar-refractivity contribution in [1.29, 1.82) is 0 Å². The van der Waals surface area contributed by atoms with Gasteiger partial charge in [0.1, 0.15) is 0 Å². The molecule has 1 fully saturated rings. The zero-order valence-corrected chi connectivity index (χ0v) is 7.38. The van der Waals surface area contributed by atoms with Crippen LogP contribution in [0.15, 0.2) is 0 Å². The fourth-order valence-corrected chi connectivity index (χ4v) is 1.58. The summed E-state index contributed by atoms with van der Waals surface area (Å²) in [6, 6.07) is 0.267. The fraction of sp³-hybridized carbons (Fsp3) is 1.00. The van der Waals surface area contributed by atoms with Crippen molar-refractivity contribution >= 4 is 0 Å². The second-order valence-corrected chi connectivity index (χ2v) is 3.14. The maximum absolute atomic E-state index is 9.49. The smallest absolute Gasteiger partial charge is 0.0717 e. The van der Waals surface area contributed by atoms with E-state index in [0.29, 0.717) is 0 Å². The van der Waals surface area contributed by atoms with Crippen LogP contribution in [0.3, 0.4) is 0 Å². The summed E-state index contributed by atoms with van der Waals surface area (Å²) in [5.74, 6) is 0. The van der Waals surface area contributed by atoms with Gasteiger partial charge in [0.25, 0.3) is 0 Å². The van der Waals surface area contributed by atoms with Crippen LogP contribution < -0.4 is 5.32 Å². The van der Waals surface area contributed by atoms with Gasteiger partial charge in [-0.3, -0.25) is 0 Å². The van der Waals surface area contributed by atoms with E-state index in [-0.39, 0.29) is 12.1 Å². The van der Waals surface area contributed by atoms with Gasteiger partial charge in [0.05, 0.1) is 6.10 Å². The summed E-state index contributed by atoms with van der Waals surface area (Å²) in [7, 11) is 1.91. The SMILES string of the molecule is CCN1CC[C@@H](O)[C@H](NC)C1. The van der Waals surface area contributed by atoms with E-state index in [4.69, 9.17) is 0 Å². The van der Waals surface area contributed by atoms with Crippen LogP contribution in [0.2, 0.25) is 0 Å². The van der Waals surface area contributed by atoms with Crippen molar-refractivity contribution < 1.29 is 5.11 Å². The molecule has 1 aliphatic rings. The number of likely N-dealkylation sites (N-methyl/N-ethyl adjacent to an activating group) is 2. The van der Waals surface area contributed by atoms with E-state index < -0.39 is 0 Å². The molecule has 0 bridgehead atoms. The number of nitrogens with one attached hydrogen (secondary N) is 1. The van der Waals surface area contributed by atoms with Crippen LogP contribution in [0.5, 0.6) is 0 Å². The predicted molar refractivity (Wildman–Crippen MR) is 45.6 cm³/mol. The van der Waals surface area contributed by atoms with Crippen LogP contribution >= 0.6 is 0 Å². The summed E-state index contributed by atoms with van der Waals surface area (Å²) in [6.45, 7) is 5.26. The number of hydrogen-bond acceptors (Lipinski definition) is 3. The van der Waals surface area contributed by atoms with E-state index in [9.17, 15) is 5.11 Å². The molecule has 2 atom stereocenters. The van der Waals surface area contributed by atoms with Gasteiger partial charge in [-0.2, -0.15) is 0 Å². The van der Waals surface area contributed by atoms with Crippen LogP contribution in [0.4, 0.5) is 0 Å². The third kappa shape index (κ3) is 2.15. The minimum Gasteiger partial charge on any atom is -0.391 e. The molecule has 1 aliphatic heterocycles. The largest absolute Gasteiger partial charge is 0.391 e. The Bertz CT molecular complexity index is 119. The van der Waals surface area contributed by atoms with E-state index in [1.165, 1.54) is 0 Å². The molecule has 0 spiro atoms. The van der Waals surface area contributed by atoms with Gasteiger partial charge in [0, 0.05) is 19.1 Å². The lowest BCUT2D eigenvalue weighted by molar-refractivity contribution is 0.0529. The van der Waals surface area contributed by atoms with Crippen molar-refractivity contribution in [2.75, 3.05) is 26.7 Å². The highest BCUT2D eigenvalue weighted by Crippen LogP contribution is 2.09. The molecule has 11 heavy (non-hydrogen) atoms. The highest BCUT2D eigenvalue weighted by Gasteiger charge is 2.24. The predicted octanol–water partition coefficient (Wildman–Crippen LogP) is -0.339. The Balaban J connectivity index is 2.37. The Labute approximate surface area is 68.4 Å². The summed E-state index contributed by atoms with van der Waals surface area (Å²) < 4.78 is 0. The van der Waals surface area contributed by atoms with E-state index >= 15 is 0 Å². The molecule has 1 rings (SSSR count). The van der Waals surface area contributed by atoms with Crippen molar-refractivity contribution in [1.82, 2.24) is 10.2 Å². The Morgan fingerprint density at radius 3 is 2.91 bits per heavy atom. The van der Waals surface area contributed by atoms with Crippen LogP contribution in [0.1, 0.15) is 13.3 Å². The van der Waals surface area contributed by atoms with E-state index in [1.54, 1.807) is 0 Å². The van der Waals surface area contributed by atoms with Crippen LogP contribution in [-0.2, 0) is 0 Å². The van der Waals surface area contributed by atoms with Crippen molar-refractivity contribution in [2.45, 2.75) is 25.5 Å². The van der Waals surface area contributed by atoms with Gasteiger partial charge in [-0.15, -0.1) is 0 Å². The van der Waals surface area contributed by atoms with Gasteiger partial charge in [-0.05, 0) is 20.0 Å². The number of likely N-dealkylation sites (tertiary alicyclic amines) is 1. The molecule has 3 heteroatoms. The second kappa shape index (κ2) is 4.04. The average Bonchev–Trinajstić information content (AvgIpc) is 2.05. The topological polar surface area (TPSA) is 35.5 Å². The molecule has 0 saturated carbocycles. The first kappa shape index (κ1) is 8.97. The summed E-state index contributed by atoms with van der Waals surface area (Å²) in [5, 5.41) is 12.6. The molecule has 0 aromatic rings. The standard InChI is InChI=1S/C8H18N2O/c1-3-10-5-4-8(11)7(6-10)9-2/h7-9,11H,3-6H2,1-2H3/t7-,8-/m1/s1. The first-order valence-electron chi connectivity index (χ1n) is 4.35. The Morgan fingerprint density at radius 1 is 1.64 bits per heavy atom. The maximum atomic E-state index is 9.49. The normalized spacial score (nSPS) is 34.1. The third-order valence-corrected chi connectivity index (χ3v) is 2.48. The Hall–Kier alpha value is -0.120. The molecule has 66 valence electrons. The highest BCUT2D eigenvalue weighted by atomic mass is 16.3. The summed E-state index contributed by atoms with van der Waals surface area (Å²) in [4.78, 5) is 2.36. The highest BCUT2D eigenvalue weighted by molar-refractivity contribution is 4.83. The summed E-state index contributed by atoms with van der Waals surface area (Å²) in [6.07, 6.45) is 0.752. The molecule has 1 saturated heterocycles. The van der Waals surface area contributed by atoms with Gasteiger partial charge in [-0.25, -0.2) is 0 Å². The van der Waals surface area contributed by atoms with E-state index in [0.717, 1.165) is 26.1 Å². The quantitative estimate of drug-likeness (QED) is 0.577. The minimum absolute atomic E-state index is 0.150.